The Morgan fingerprint density at radius 2 is 1.71 bits per heavy atom. The Hall–Kier alpha value is -2.49. The highest BCUT2D eigenvalue weighted by Crippen LogP contribution is 2.21. The number of anilines is 1. The fourth-order valence-electron chi connectivity index (χ4n) is 2.05. The maximum absolute atomic E-state index is 5.83. The minimum absolute atomic E-state index is 0.395. The van der Waals surface area contributed by atoms with Crippen molar-refractivity contribution in [2.24, 2.45) is 10.7 Å². The van der Waals surface area contributed by atoms with Gasteiger partial charge in [0.2, 0.25) is 0 Å². The van der Waals surface area contributed by atoms with E-state index >= 15 is 0 Å². The Bertz CT molecular complexity index is 588. The molecule has 0 atom stereocenters. The average molecular weight is 283 g/mol. The van der Waals surface area contributed by atoms with Gasteiger partial charge in [0, 0.05) is 5.69 Å². The second kappa shape index (κ2) is 7.33. The summed E-state index contributed by atoms with van der Waals surface area (Å²) in [5.41, 5.74) is 9.02. The lowest BCUT2D eigenvalue weighted by Gasteiger charge is -2.11. The van der Waals surface area contributed by atoms with Gasteiger partial charge < -0.3 is 15.8 Å². The highest BCUT2D eigenvalue weighted by molar-refractivity contribution is 5.92. The Balaban J connectivity index is 1.82. The molecule has 0 spiro atoms. The van der Waals surface area contributed by atoms with Crippen LogP contribution in [0.15, 0.2) is 53.5 Å². The summed E-state index contributed by atoms with van der Waals surface area (Å²) in [6.45, 7) is 5.09. The van der Waals surface area contributed by atoms with Crippen LogP contribution in [0.2, 0.25) is 0 Å². The van der Waals surface area contributed by atoms with Gasteiger partial charge in [0.05, 0.1) is 6.54 Å². The SMILES string of the molecule is Cc1cccc(C)c1OCCN=C(N)Nc1ccccc1. The maximum Gasteiger partial charge on any atom is 0.193 e. The van der Waals surface area contributed by atoms with E-state index in [-0.39, 0.29) is 0 Å². The largest absolute Gasteiger partial charge is 0.491 e. The molecule has 0 fully saturated rings. The average Bonchev–Trinajstić information content (AvgIpc) is 2.47. The van der Waals surface area contributed by atoms with Crippen molar-refractivity contribution in [2.75, 3.05) is 18.5 Å². The van der Waals surface area contributed by atoms with E-state index < -0.39 is 0 Å². The molecule has 0 bridgehead atoms. The number of nitrogens with zero attached hydrogens (tertiary/aromatic N) is 1. The van der Waals surface area contributed by atoms with Gasteiger partial charge in [-0.25, -0.2) is 4.99 Å². The summed E-state index contributed by atoms with van der Waals surface area (Å²) in [5.74, 6) is 1.33. The molecule has 3 N–H and O–H groups in total. The van der Waals surface area contributed by atoms with Crippen molar-refractivity contribution < 1.29 is 4.74 Å². The lowest BCUT2D eigenvalue weighted by atomic mass is 10.1. The van der Waals surface area contributed by atoms with Crippen molar-refractivity contribution in [3.63, 3.8) is 0 Å². The van der Waals surface area contributed by atoms with Crippen LogP contribution >= 0.6 is 0 Å². The van der Waals surface area contributed by atoms with Crippen LogP contribution in [0.3, 0.4) is 0 Å². The van der Waals surface area contributed by atoms with Crippen LogP contribution < -0.4 is 15.8 Å². The molecular formula is C17H21N3O. The molecule has 110 valence electrons. The molecule has 0 aromatic heterocycles. The van der Waals surface area contributed by atoms with Crippen LogP contribution in [0.5, 0.6) is 5.75 Å². The fourth-order valence-corrected chi connectivity index (χ4v) is 2.05. The molecule has 0 amide bonds. The molecule has 4 heteroatoms. The van der Waals surface area contributed by atoms with E-state index in [0.717, 1.165) is 22.6 Å². The molecule has 0 saturated carbocycles. The first-order valence-electron chi connectivity index (χ1n) is 6.98. The molecule has 0 aliphatic carbocycles. The molecular weight excluding hydrogens is 262 g/mol. The molecule has 4 nitrogen and oxygen atoms in total. The first-order chi connectivity index (χ1) is 10.2. The molecule has 0 aliphatic heterocycles. The lowest BCUT2D eigenvalue weighted by molar-refractivity contribution is 0.324. The quantitative estimate of drug-likeness (QED) is 0.503. The van der Waals surface area contributed by atoms with E-state index in [1.807, 2.05) is 62.4 Å². The summed E-state index contributed by atoms with van der Waals surface area (Å²) in [7, 11) is 0. The van der Waals surface area contributed by atoms with Crippen molar-refractivity contribution in [1.82, 2.24) is 0 Å². The number of aryl methyl sites for hydroxylation is 2. The van der Waals surface area contributed by atoms with Crippen molar-refractivity contribution in [3.8, 4) is 5.75 Å². The van der Waals surface area contributed by atoms with Gasteiger partial charge in [-0.3, -0.25) is 0 Å². The second-order valence-electron chi connectivity index (χ2n) is 4.83. The minimum Gasteiger partial charge on any atom is -0.491 e. The normalized spacial score (nSPS) is 11.2. The molecule has 2 aromatic rings. The molecule has 0 radical (unpaired) electrons. The summed E-state index contributed by atoms with van der Waals surface area (Å²) in [5, 5.41) is 3.04. The van der Waals surface area contributed by atoms with Gasteiger partial charge in [-0.1, -0.05) is 36.4 Å². The first kappa shape index (κ1) is 14.9. The molecule has 2 rings (SSSR count). The van der Waals surface area contributed by atoms with E-state index in [1.54, 1.807) is 0 Å². The van der Waals surface area contributed by atoms with E-state index in [1.165, 1.54) is 0 Å². The summed E-state index contributed by atoms with van der Waals surface area (Å²) >= 11 is 0. The third kappa shape index (κ3) is 4.53. The molecule has 0 unspecified atom stereocenters. The Morgan fingerprint density at radius 1 is 1.05 bits per heavy atom. The third-order valence-corrected chi connectivity index (χ3v) is 3.07. The number of rotatable bonds is 5. The van der Waals surface area contributed by atoms with Gasteiger partial charge in [-0.15, -0.1) is 0 Å². The van der Waals surface area contributed by atoms with E-state index in [0.29, 0.717) is 19.1 Å². The van der Waals surface area contributed by atoms with Crippen LogP contribution in [-0.4, -0.2) is 19.1 Å². The Labute approximate surface area is 125 Å². The molecule has 0 saturated heterocycles. The molecule has 21 heavy (non-hydrogen) atoms. The highest BCUT2D eigenvalue weighted by atomic mass is 16.5. The van der Waals surface area contributed by atoms with Crippen LogP contribution in [-0.2, 0) is 0 Å². The monoisotopic (exact) mass is 283 g/mol. The van der Waals surface area contributed by atoms with Crippen LogP contribution in [0.1, 0.15) is 11.1 Å². The van der Waals surface area contributed by atoms with Crippen molar-refractivity contribution >= 4 is 11.6 Å². The predicted molar refractivity (Wildman–Crippen MR) is 88.0 cm³/mol. The van der Waals surface area contributed by atoms with Gasteiger partial charge in [0.1, 0.15) is 12.4 Å². The van der Waals surface area contributed by atoms with Crippen molar-refractivity contribution in [3.05, 3.63) is 59.7 Å². The zero-order valence-corrected chi connectivity index (χ0v) is 12.5. The Morgan fingerprint density at radius 3 is 2.38 bits per heavy atom. The standard InChI is InChI=1S/C17H21N3O/c1-13-7-6-8-14(2)16(13)21-12-11-19-17(18)20-15-9-4-3-5-10-15/h3-10H,11-12H2,1-2H3,(H3,18,19,20). The van der Waals surface area contributed by atoms with E-state index in [2.05, 4.69) is 10.3 Å². The van der Waals surface area contributed by atoms with Gasteiger partial charge in [0.15, 0.2) is 5.96 Å². The van der Waals surface area contributed by atoms with Gasteiger partial charge in [-0.05, 0) is 37.1 Å². The zero-order valence-electron chi connectivity index (χ0n) is 12.5. The van der Waals surface area contributed by atoms with Crippen LogP contribution in [0, 0.1) is 13.8 Å². The van der Waals surface area contributed by atoms with Crippen LogP contribution in [0.4, 0.5) is 5.69 Å². The topological polar surface area (TPSA) is 59.6 Å². The number of hydrogen-bond donors (Lipinski definition) is 2. The number of hydrogen-bond acceptors (Lipinski definition) is 2. The smallest absolute Gasteiger partial charge is 0.193 e. The summed E-state index contributed by atoms with van der Waals surface area (Å²) in [4.78, 5) is 4.25. The van der Waals surface area contributed by atoms with Gasteiger partial charge in [0.25, 0.3) is 0 Å². The predicted octanol–water partition coefficient (Wildman–Crippen LogP) is 3.11. The van der Waals surface area contributed by atoms with Crippen LogP contribution in [0.25, 0.3) is 0 Å². The zero-order chi connectivity index (χ0) is 15.1. The number of nitrogens with two attached hydrogens (primary N) is 1. The number of nitrogens with one attached hydrogen (secondary N) is 1. The molecule has 2 aromatic carbocycles. The first-order valence-corrected chi connectivity index (χ1v) is 6.98. The molecule has 0 heterocycles. The number of guanidine groups is 1. The van der Waals surface area contributed by atoms with E-state index in [9.17, 15) is 0 Å². The minimum atomic E-state index is 0.395. The fraction of sp³-hybridized carbons (Fsp3) is 0.235. The third-order valence-electron chi connectivity index (χ3n) is 3.07. The number of ether oxygens (including phenoxy) is 1. The number of benzene rings is 2. The number of aliphatic imine (C=N–C) groups is 1. The summed E-state index contributed by atoms with van der Waals surface area (Å²) in [6.07, 6.45) is 0. The van der Waals surface area contributed by atoms with Crippen molar-refractivity contribution in [1.29, 1.82) is 0 Å². The van der Waals surface area contributed by atoms with Gasteiger partial charge >= 0.3 is 0 Å². The highest BCUT2D eigenvalue weighted by Gasteiger charge is 2.02. The maximum atomic E-state index is 5.83. The molecule has 0 aliphatic rings. The van der Waals surface area contributed by atoms with Gasteiger partial charge in [-0.2, -0.15) is 0 Å². The Kier molecular flexibility index (Phi) is 5.21. The lowest BCUT2D eigenvalue weighted by Crippen LogP contribution is -2.23. The summed E-state index contributed by atoms with van der Waals surface area (Å²) < 4.78 is 5.78. The van der Waals surface area contributed by atoms with E-state index in [4.69, 9.17) is 10.5 Å². The van der Waals surface area contributed by atoms with Crippen molar-refractivity contribution in [2.45, 2.75) is 13.8 Å². The number of para-hydroxylation sites is 2. The second-order valence-corrected chi connectivity index (χ2v) is 4.83. The summed E-state index contributed by atoms with van der Waals surface area (Å²) in [6, 6.07) is 15.8.